The van der Waals surface area contributed by atoms with Crippen molar-refractivity contribution in [2.24, 2.45) is 0 Å². The minimum atomic E-state index is -4.22. The molecule has 0 heterocycles. The van der Waals surface area contributed by atoms with Crippen LogP contribution in [0.25, 0.3) is 0 Å². The molecule has 2 aromatic rings. The Morgan fingerprint density at radius 3 is 0.789 bits per heavy atom. The smallest absolute Gasteiger partial charge is 0.206 e. The summed E-state index contributed by atoms with van der Waals surface area (Å²) in [4.78, 5) is 4.82. The van der Waals surface area contributed by atoms with Crippen molar-refractivity contribution < 1.29 is 16.8 Å². The van der Waals surface area contributed by atoms with Gasteiger partial charge in [-0.15, -0.1) is 9.66 Å². The van der Waals surface area contributed by atoms with Gasteiger partial charge in [0.25, 0.3) is 20.0 Å². The molecule has 0 fully saturated rings. The van der Waals surface area contributed by atoms with Crippen LogP contribution < -0.4 is 9.66 Å². The van der Waals surface area contributed by atoms with Crippen LogP contribution in [0.15, 0.2) is 34.1 Å². The molecule has 214 valence electrons. The Morgan fingerprint density at radius 1 is 0.421 bits per heavy atom. The topological polar surface area (TPSA) is 92.3 Å². The maximum atomic E-state index is 13.8. The Morgan fingerprint density at radius 2 is 0.632 bits per heavy atom. The lowest BCUT2D eigenvalue weighted by molar-refractivity contribution is 0.552. The standard InChI is InChI=1S/C30H48N2O4S2/c1-17(2)23-13-25(19(5)6)29(26(14-23)20(7)8)37(33,34)31-32-38(35,36)30-27(21(9)10)15-24(18(3)4)16-28(30)22(11)12/h13-22,31-32H,1-12H3. The van der Waals surface area contributed by atoms with Crippen LogP contribution in [0.1, 0.15) is 152 Å². The molecule has 6 nitrogen and oxygen atoms in total. The zero-order chi connectivity index (χ0) is 29.3. The number of nitrogens with one attached hydrogen (secondary N) is 2. The molecule has 2 N–H and O–H groups in total. The quantitative estimate of drug-likeness (QED) is 0.275. The van der Waals surface area contributed by atoms with E-state index >= 15 is 0 Å². The van der Waals surface area contributed by atoms with E-state index in [4.69, 9.17) is 0 Å². The summed E-state index contributed by atoms with van der Waals surface area (Å²) in [5.41, 5.74) is 4.84. The molecule has 0 saturated heterocycles. The number of benzene rings is 2. The third-order valence-corrected chi connectivity index (χ3v) is 9.90. The van der Waals surface area contributed by atoms with Crippen molar-refractivity contribution in [1.29, 1.82) is 0 Å². The molecule has 0 aromatic heterocycles. The molecule has 8 heteroatoms. The van der Waals surface area contributed by atoms with E-state index in [9.17, 15) is 16.8 Å². The van der Waals surface area contributed by atoms with Crippen LogP contribution in [-0.2, 0) is 20.0 Å². The second kappa shape index (κ2) is 12.2. The van der Waals surface area contributed by atoms with Gasteiger partial charge in [0.2, 0.25) is 0 Å². The minimum absolute atomic E-state index is 0.0713. The molecule has 0 radical (unpaired) electrons. The summed E-state index contributed by atoms with van der Waals surface area (Å²) in [6, 6.07) is 7.73. The first-order valence-corrected chi connectivity index (χ1v) is 16.7. The van der Waals surface area contributed by atoms with Crippen LogP contribution in [0.4, 0.5) is 0 Å². The summed E-state index contributed by atoms with van der Waals surface area (Å²) in [5.74, 6) is 0.170. The Kier molecular flexibility index (Phi) is 10.4. The van der Waals surface area contributed by atoms with E-state index in [2.05, 4.69) is 37.4 Å². The molecule has 0 aliphatic carbocycles. The highest BCUT2D eigenvalue weighted by molar-refractivity contribution is 7.92. The number of rotatable bonds is 11. The highest BCUT2D eigenvalue weighted by Crippen LogP contribution is 2.37. The van der Waals surface area contributed by atoms with Gasteiger partial charge in [-0.25, -0.2) is 16.8 Å². The largest absolute Gasteiger partial charge is 0.254 e. The van der Waals surface area contributed by atoms with E-state index in [1.165, 1.54) is 0 Å². The van der Waals surface area contributed by atoms with Gasteiger partial charge >= 0.3 is 0 Å². The molecule has 0 amide bonds. The van der Waals surface area contributed by atoms with Crippen LogP contribution in [0.3, 0.4) is 0 Å². The summed E-state index contributed by atoms with van der Waals surface area (Å²) in [6.45, 7) is 23.9. The third kappa shape index (κ3) is 7.06. The fourth-order valence-electron chi connectivity index (χ4n) is 4.61. The lowest BCUT2D eigenvalue weighted by Crippen LogP contribution is -2.43. The Labute approximate surface area is 232 Å². The summed E-state index contributed by atoms with van der Waals surface area (Å²) in [6.07, 6.45) is 0. The molecule has 0 unspecified atom stereocenters. The fraction of sp³-hybridized carbons (Fsp3) is 0.600. The minimum Gasteiger partial charge on any atom is -0.206 e. The molecular formula is C30H48N2O4S2. The van der Waals surface area contributed by atoms with Gasteiger partial charge in [-0.3, -0.25) is 0 Å². The van der Waals surface area contributed by atoms with E-state index in [1.54, 1.807) is 0 Å². The first kappa shape index (κ1) is 32.5. The number of sulfonamides is 2. The molecule has 2 rings (SSSR count). The average molecular weight is 565 g/mol. The summed E-state index contributed by atoms with van der Waals surface area (Å²) in [5, 5.41) is 0. The van der Waals surface area contributed by atoms with Gasteiger partial charge in [0.15, 0.2) is 0 Å². The van der Waals surface area contributed by atoms with Gasteiger partial charge in [-0.1, -0.05) is 107 Å². The average Bonchev–Trinajstić information content (AvgIpc) is 2.80. The van der Waals surface area contributed by atoms with E-state index in [0.717, 1.165) is 11.1 Å². The van der Waals surface area contributed by atoms with Crippen LogP contribution in [0.2, 0.25) is 0 Å². The van der Waals surface area contributed by atoms with Gasteiger partial charge in [0.1, 0.15) is 0 Å². The molecule has 0 spiro atoms. The second-order valence-corrected chi connectivity index (χ2v) is 15.4. The summed E-state index contributed by atoms with van der Waals surface area (Å²) >= 11 is 0. The van der Waals surface area contributed by atoms with Gasteiger partial charge < -0.3 is 0 Å². The van der Waals surface area contributed by atoms with Crippen molar-refractivity contribution in [1.82, 2.24) is 9.66 Å². The normalized spacial score (nSPS) is 13.2. The Hall–Kier alpha value is -1.74. The molecule has 0 bridgehead atoms. The van der Waals surface area contributed by atoms with Gasteiger partial charge in [0, 0.05) is 0 Å². The SMILES string of the molecule is CC(C)c1cc(C(C)C)c(S(=O)(=O)NNS(=O)(=O)c2c(C(C)C)cc(C(C)C)cc2C(C)C)c(C(C)C)c1. The van der Waals surface area contributed by atoms with Crippen molar-refractivity contribution in [2.45, 2.75) is 128 Å². The van der Waals surface area contributed by atoms with Crippen LogP contribution >= 0.6 is 0 Å². The van der Waals surface area contributed by atoms with Crippen molar-refractivity contribution in [3.05, 3.63) is 57.6 Å². The van der Waals surface area contributed by atoms with Crippen LogP contribution in [-0.4, -0.2) is 16.8 Å². The highest BCUT2D eigenvalue weighted by atomic mass is 32.2. The first-order valence-electron chi connectivity index (χ1n) is 13.7. The highest BCUT2D eigenvalue weighted by Gasteiger charge is 2.31. The number of hydrogen-bond donors (Lipinski definition) is 2. The lowest BCUT2D eigenvalue weighted by atomic mass is 9.89. The van der Waals surface area contributed by atoms with Crippen molar-refractivity contribution in [3.8, 4) is 0 Å². The van der Waals surface area contributed by atoms with Gasteiger partial charge in [-0.05, 0) is 68.9 Å². The lowest BCUT2D eigenvalue weighted by Gasteiger charge is -2.24. The van der Waals surface area contributed by atoms with E-state index in [-0.39, 0.29) is 45.3 Å². The van der Waals surface area contributed by atoms with Gasteiger partial charge in [0.05, 0.1) is 9.79 Å². The van der Waals surface area contributed by atoms with E-state index in [0.29, 0.717) is 22.3 Å². The van der Waals surface area contributed by atoms with E-state index in [1.807, 2.05) is 79.7 Å². The van der Waals surface area contributed by atoms with Gasteiger partial charge in [-0.2, -0.15) is 0 Å². The molecule has 38 heavy (non-hydrogen) atoms. The van der Waals surface area contributed by atoms with Crippen molar-refractivity contribution in [3.63, 3.8) is 0 Å². The molecule has 0 aliphatic rings. The summed E-state index contributed by atoms with van der Waals surface area (Å²) < 4.78 is 55.1. The van der Waals surface area contributed by atoms with Crippen molar-refractivity contribution in [2.75, 3.05) is 0 Å². The maximum Gasteiger partial charge on any atom is 0.254 e. The zero-order valence-electron chi connectivity index (χ0n) is 25.2. The molecule has 2 aromatic carbocycles. The van der Waals surface area contributed by atoms with Crippen LogP contribution in [0, 0.1) is 0 Å². The zero-order valence-corrected chi connectivity index (χ0v) is 26.9. The molecule has 0 saturated carbocycles. The summed E-state index contributed by atoms with van der Waals surface area (Å²) in [7, 11) is -8.45. The molecule has 0 aliphatic heterocycles. The second-order valence-electron chi connectivity index (χ2n) is 12.2. The van der Waals surface area contributed by atoms with E-state index < -0.39 is 20.0 Å². The third-order valence-electron chi connectivity index (χ3n) is 7.01. The molecular weight excluding hydrogens is 516 g/mol. The Balaban J connectivity index is 2.69. The monoisotopic (exact) mass is 564 g/mol. The maximum absolute atomic E-state index is 13.8. The fourth-order valence-corrected chi connectivity index (χ4v) is 8.11. The predicted molar refractivity (Wildman–Crippen MR) is 158 cm³/mol. The first-order chi connectivity index (χ1) is 17.3. The molecule has 0 atom stereocenters. The number of hydrogen-bond acceptors (Lipinski definition) is 4. The van der Waals surface area contributed by atoms with Crippen molar-refractivity contribution >= 4 is 20.0 Å². The Bertz CT molecular complexity index is 1190. The predicted octanol–water partition coefficient (Wildman–Crippen LogP) is 7.60. The van der Waals surface area contributed by atoms with Crippen LogP contribution in [0.5, 0.6) is 0 Å². The number of hydrazine groups is 1.